The van der Waals surface area contributed by atoms with Crippen LogP contribution in [-0.2, 0) is 27.8 Å². The Morgan fingerprint density at radius 2 is 1.74 bits per heavy atom. The number of anilines is 1. The fraction of sp³-hybridized carbons (Fsp3) is 0.174. The van der Waals surface area contributed by atoms with Gasteiger partial charge in [-0.1, -0.05) is 24.3 Å². The van der Waals surface area contributed by atoms with Crippen LogP contribution < -0.4 is 5.32 Å². The third-order valence-corrected chi connectivity index (χ3v) is 7.90. The summed E-state index contributed by atoms with van der Waals surface area (Å²) >= 11 is 1.32. The molecule has 5 nitrogen and oxygen atoms in total. The predicted octanol–water partition coefficient (Wildman–Crippen LogP) is 4.30. The van der Waals surface area contributed by atoms with E-state index in [9.17, 15) is 17.6 Å². The van der Waals surface area contributed by atoms with Crippen LogP contribution in [0.3, 0.4) is 0 Å². The van der Waals surface area contributed by atoms with Crippen molar-refractivity contribution in [3.05, 3.63) is 89.7 Å². The second-order valence-electron chi connectivity index (χ2n) is 7.18. The second-order valence-corrected chi connectivity index (χ2v) is 10.2. The summed E-state index contributed by atoms with van der Waals surface area (Å²) in [6.07, 6.45) is 0.621. The summed E-state index contributed by atoms with van der Waals surface area (Å²) in [5.41, 5.74) is 2.59. The van der Waals surface area contributed by atoms with E-state index >= 15 is 0 Å². The number of carbonyl (C=O) groups is 1. The zero-order valence-corrected chi connectivity index (χ0v) is 18.3. The summed E-state index contributed by atoms with van der Waals surface area (Å²) in [5, 5.41) is 2.86. The molecule has 1 aliphatic rings. The van der Waals surface area contributed by atoms with Gasteiger partial charge in [-0.05, 0) is 66.1 Å². The van der Waals surface area contributed by atoms with Gasteiger partial charge in [0.15, 0.2) is 0 Å². The highest BCUT2D eigenvalue weighted by atomic mass is 32.2. The first-order chi connectivity index (χ1) is 14.9. The van der Waals surface area contributed by atoms with Crippen molar-refractivity contribution in [1.29, 1.82) is 0 Å². The summed E-state index contributed by atoms with van der Waals surface area (Å²) in [7, 11) is -3.57. The van der Waals surface area contributed by atoms with Crippen molar-refractivity contribution in [2.75, 3.05) is 17.6 Å². The van der Waals surface area contributed by atoms with Crippen LogP contribution in [-0.4, -0.2) is 30.9 Å². The molecular weight excluding hydrogens is 435 g/mol. The van der Waals surface area contributed by atoms with E-state index in [1.54, 1.807) is 42.5 Å². The van der Waals surface area contributed by atoms with Crippen LogP contribution in [0.4, 0.5) is 10.1 Å². The highest BCUT2D eigenvalue weighted by Crippen LogP contribution is 2.27. The fourth-order valence-corrected chi connectivity index (χ4v) is 5.57. The molecule has 1 N–H and O–H groups in total. The molecule has 0 atom stereocenters. The van der Waals surface area contributed by atoms with E-state index in [0.29, 0.717) is 18.7 Å². The minimum Gasteiger partial charge on any atom is -0.325 e. The van der Waals surface area contributed by atoms with Gasteiger partial charge in [0.05, 0.1) is 10.6 Å². The molecule has 8 heteroatoms. The summed E-state index contributed by atoms with van der Waals surface area (Å²) < 4.78 is 40.3. The number of hydrogen-bond acceptors (Lipinski definition) is 4. The molecule has 1 amide bonds. The number of nitrogens with one attached hydrogen (secondary N) is 1. The van der Waals surface area contributed by atoms with E-state index < -0.39 is 10.0 Å². The van der Waals surface area contributed by atoms with Gasteiger partial charge in [0.2, 0.25) is 15.9 Å². The van der Waals surface area contributed by atoms with Crippen LogP contribution in [0.2, 0.25) is 0 Å². The highest BCUT2D eigenvalue weighted by molar-refractivity contribution is 8.00. The van der Waals surface area contributed by atoms with E-state index in [-0.39, 0.29) is 28.9 Å². The van der Waals surface area contributed by atoms with Gasteiger partial charge in [0, 0.05) is 23.7 Å². The molecule has 4 rings (SSSR count). The van der Waals surface area contributed by atoms with Crippen LogP contribution in [0.1, 0.15) is 11.1 Å². The Balaban J connectivity index is 1.42. The van der Waals surface area contributed by atoms with Gasteiger partial charge in [0.1, 0.15) is 5.82 Å². The van der Waals surface area contributed by atoms with Gasteiger partial charge in [-0.25, -0.2) is 12.8 Å². The lowest BCUT2D eigenvalue weighted by Crippen LogP contribution is -2.36. The van der Waals surface area contributed by atoms with E-state index in [0.717, 1.165) is 16.0 Å². The van der Waals surface area contributed by atoms with Crippen molar-refractivity contribution in [1.82, 2.24) is 4.31 Å². The molecule has 0 radical (unpaired) electrons. The van der Waals surface area contributed by atoms with Crippen LogP contribution in [0.15, 0.2) is 82.6 Å². The van der Waals surface area contributed by atoms with Crippen molar-refractivity contribution in [3.63, 3.8) is 0 Å². The predicted molar refractivity (Wildman–Crippen MR) is 120 cm³/mol. The molecule has 0 saturated carbocycles. The average Bonchev–Trinajstić information content (AvgIpc) is 2.79. The average molecular weight is 457 g/mol. The maximum Gasteiger partial charge on any atom is 0.243 e. The lowest BCUT2D eigenvalue weighted by Gasteiger charge is -2.28. The van der Waals surface area contributed by atoms with Gasteiger partial charge < -0.3 is 5.32 Å². The molecule has 0 bridgehead atoms. The summed E-state index contributed by atoms with van der Waals surface area (Å²) in [5.74, 6) is -0.304. The number of thioether (sulfide) groups is 1. The number of benzene rings is 3. The maximum atomic E-state index is 13.0. The molecule has 0 unspecified atom stereocenters. The summed E-state index contributed by atoms with van der Waals surface area (Å²) in [6, 6.07) is 20.0. The Hall–Kier alpha value is -2.68. The number of rotatable bonds is 6. The van der Waals surface area contributed by atoms with Crippen molar-refractivity contribution in [2.24, 2.45) is 0 Å². The number of fused-ring (bicyclic) bond motifs is 1. The molecule has 0 fully saturated rings. The molecule has 160 valence electrons. The Morgan fingerprint density at radius 3 is 2.48 bits per heavy atom. The van der Waals surface area contributed by atoms with Crippen molar-refractivity contribution >= 4 is 33.4 Å². The first-order valence-electron chi connectivity index (χ1n) is 9.77. The van der Waals surface area contributed by atoms with E-state index in [2.05, 4.69) is 5.32 Å². The minimum atomic E-state index is -3.57. The maximum absolute atomic E-state index is 13.0. The van der Waals surface area contributed by atoms with Crippen LogP contribution in [0, 0.1) is 5.82 Å². The standard InChI is InChI=1S/C23H21FN2O3S2/c24-19-7-10-21(11-8-19)30-16-23(27)25-20-9-6-17-12-13-26(15-18(17)14-20)31(28,29)22-4-2-1-3-5-22/h1-11,14H,12-13,15-16H2,(H,25,27). The van der Waals surface area contributed by atoms with Crippen LogP contribution in [0.5, 0.6) is 0 Å². The number of carbonyl (C=O) groups excluding carboxylic acids is 1. The number of sulfonamides is 1. The van der Waals surface area contributed by atoms with Crippen LogP contribution >= 0.6 is 11.8 Å². The molecule has 0 spiro atoms. The lowest BCUT2D eigenvalue weighted by atomic mass is 10.0. The Kier molecular flexibility index (Phi) is 6.41. The highest BCUT2D eigenvalue weighted by Gasteiger charge is 2.28. The molecule has 0 aliphatic carbocycles. The second kappa shape index (κ2) is 9.21. The monoisotopic (exact) mass is 456 g/mol. The zero-order chi connectivity index (χ0) is 21.8. The normalized spacial score (nSPS) is 14.1. The molecule has 0 aromatic heterocycles. The quantitative estimate of drug-likeness (QED) is 0.562. The molecular formula is C23H21FN2O3S2. The molecule has 31 heavy (non-hydrogen) atoms. The first kappa shape index (κ1) is 21.5. The molecule has 1 aliphatic heterocycles. The minimum absolute atomic E-state index is 0.182. The van der Waals surface area contributed by atoms with E-state index in [1.165, 1.54) is 28.2 Å². The summed E-state index contributed by atoms with van der Waals surface area (Å²) in [6.45, 7) is 0.685. The van der Waals surface area contributed by atoms with Gasteiger partial charge in [0.25, 0.3) is 0 Å². The largest absolute Gasteiger partial charge is 0.325 e. The molecule has 3 aromatic rings. The van der Waals surface area contributed by atoms with Crippen molar-refractivity contribution < 1.29 is 17.6 Å². The van der Waals surface area contributed by atoms with Crippen LogP contribution in [0.25, 0.3) is 0 Å². The Morgan fingerprint density at radius 1 is 1.00 bits per heavy atom. The number of halogens is 1. The van der Waals surface area contributed by atoms with Gasteiger partial charge in [-0.15, -0.1) is 11.8 Å². The number of nitrogens with zero attached hydrogens (tertiary/aromatic N) is 1. The third-order valence-electron chi connectivity index (χ3n) is 5.03. The zero-order valence-electron chi connectivity index (χ0n) is 16.6. The molecule has 3 aromatic carbocycles. The van der Waals surface area contributed by atoms with Gasteiger partial charge >= 0.3 is 0 Å². The van der Waals surface area contributed by atoms with Gasteiger partial charge in [-0.3, -0.25) is 4.79 Å². The number of hydrogen-bond donors (Lipinski definition) is 1. The summed E-state index contributed by atoms with van der Waals surface area (Å²) in [4.78, 5) is 13.4. The van der Waals surface area contributed by atoms with E-state index in [4.69, 9.17) is 0 Å². The first-order valence-corrected chi connectivity index (χ1v) is 12.2. The Bertz CT molecular complexity index is 1180. The smallest absolute Gasteiger partial charge is 0.243 e. The molecule has 0 saturated heterocycles. The Labute approximate surface area is 185 Å². The number of amides is 1. The fourth-order valence-electron chi connectivity index (χ4n) is 3.43. The lowest BCUT2D eigenvalue weighted by molar-refractivity contribution is -0.113. The topological polar surface area (TPSA) is 66.5 Å². The molecule has 1 heterocycles. The van der Waals surface area contributed by atoms with Crippen molar-refractivity contribution in [2.45, 2.75) is 22.8 Å². The SMILES string of the molecule is O=C(CSc1ccc(F)cc1)Nc1ccc2c(c1)CN(S(=O)(=O)c1ccccc1)CC2. The van der Waals surface area contributed by atoms with Gasteiger partial charge in [-0.2, -0.15) is 4.31 Å². The van der Waals surface area contributed by atoms with E-state index in [1.807, 2.05) is 18.2 Å². The van der Waals surface area contributed by atoms with Crippen molar-refractivity contribution in [3.8, 4) is 0 Å². The third kappa shape index (κ3) is 5.15.